The van der Waals surface area contributed by atoms with E-state index in [1.54, 1.807) is 29.8 Å². The lowest BCUT2D eigenvalue weighted by atomic mass is 9.99. The van der Waals surface area contributed by atoms with Crippen molar-refractivity contribution in [2.75, 3.05) is 6.26 Å². The lowest BCUT2D eigenvalue weighted by Gasteiger charge is -2.38. The van der Waals surface area contributed by atoms with Crippen LogP contribution in [0.5, 0.6) is 11.5 Å². The minimum Gasteiger partial charge on any atom is -0.486 e. The number of aliphatic carboxylic acids is 1. The molecule has 12 nitrogen and oxygen atoms in total. The number of nitrogens with two attached hydrogens (primary N) is 1. The maximum atomic E-state index is 11.5. The molecule has 1 aromatic heterocycles. The Morgan fingerprint density at radius 1 is 1.11 bits per heavy atom. The largest absolute Gasteiger partial charge is 0.486 e. The Balaban J connectivity index is 1.43. The normalized spacial score (nSPS) is 24.2. The van der Waals surface area contributed by atoms with E-state index in [2.05, 4.69) is 4.98 Å². The van der Waals surface area contributed by atoms with E-state index in [-0.39, 0.29) is 23.5 Å². The summed E-state index contributed by atoms with van der Waals surface area (Å²) >= 11 is 1.41. The number of fused-ring (bicyclic) bond motifs is 1. The highest BCUT2D eigenvalue weighted by molar-refractivity contribution is 7.99. The molecular formula is C25H29N3O9S. The Hall–Kier alpha value is -3.36. The molecule has 1 aliphatic rings. The van der Waals surface area contributed by atoms with E-state index in [9.17, 15) is 30.0 Å². The summed E-state index contributed by atoms with van der Waals surface area (Å²) in [5.74, 6) is -0.359. The number of carboxylic acids is 1. The van der Waals surface area contributed by atoms with Gasteiger partial charge >= 0.3 is 5.97 Å². The number of thioether (sulfide) groups is 1. The van der Waals surface area contributed by atoms with Gasteiger partial charge in [0.15, 0.2) is 6.10 Å². The molecule has 0 saturated carbocycles. The quantitative estimate of drug-likeness (QED) is 0.233. The summed E-state index contributed by atoms with van der Waals surface area (Å²) in [5.41, 5.74) is 7.70. The SMILES string of the molecule is CSC(Cc1ccc(OCc2nc3ccc(OC4OC(C(=O)O)C(O)C(O)C4O)cc3n2C)cc1)C(N)=O. The highest BCUT2D eigenvalue weighted by Crippen LogP contribution is 2.27. The molecule has 6 N–H and O–H groups in total. The average Bonchev–Trinajstić information content (AvgIpc) is 3.21. The van der Waals surface area contributed by atoms with Gasteiger partial charge in [-0.15, -0.1) is 0 Å². The van der Waals surface area contributed by atoms with Crippen molar-refractivity contribution in [2.24, 2.45) is 12.8 Å². The number of carbonyl (C=O) groups excluding carboxylic acids is 1. The fourth-order valence-electron chi connectivity index (χ4n) is 4.09. The summed E-state index contributed by atoms with van der Waals surface area (Å²) in [7, 11) is 1.79. The fourth-order valence-corrected chi connectivity index (χ4v) is 4.68. The van der Waals surface area contributed by atoms with Gasteiger partial charge in [0.2, 0.25) is 12.2 Å². The van der Waals surface area contributed by atoms with Crippen LogP contribution >= 0.6 is 11.8 Å². The van der Waals surface area contributed by atoms with Crippen LogP contribution in [-0.4, -0.2) is 84.1 Å². The van der Waals surface area contributed by atoms with Crippen molar-refractivity contribution in [3.05, 3.63) is 53.9 Å². The topological polar surface area (TPSA) is 187 Å². The number of amides is 1. The summed E-state index contributed by atoms with van der Waals surface area (Å²) in [6, 6.07) is 12.3. The Morgan fingerprint density at radius 2 is 1.79 bits per heavy atom. The Morgan fingerprint density at radius 3 is 2.42 bits per heavy atom. The molecule has 204 valence electrons. The van der Waals surface area contributed by atoms with E-state index < -0.39 is 36.7 Å². The number of rotatable bonds is 10. The van der Waals surface area contributed by atoms with E-state index in [4.69, 9.17) is 19.9 Å². The van der Waals surface area contributed by atoms with Crippen LogP contribution in [0.3, 0.4) is 0 Å². The average molecular weight is 548 g/mol. The Bertz CT molecular complexity index is 1300. The lowest BCUT2D eigenvalue weighted by molar-refractivity contribution is -0.271. The van der Waals surface area contributed by atoms with E-state index in [0.717, 1.165) is 5.56 Å². The first-order chi connectivity index (χ1) is 18.1. The number of carbonyl (C=O) groups is 2. The minimum atomic E-state index is -1.80. The van der Waals surface area contributed by atoms with Crippen molar-refractivity contribution in [3.63, 3.8) is 0 Å². The zero-order valence-electron chi connectivity index (χ0n) is 20.6. The minimum absolute atomic E-state index is 0.171. The van der Waals surface area contributed by atoms with Crippen LogP contribution in [0, 0.1) is 0 Å². The first-order valence-corrected chi connectivity index (χ1v) is 13.0. The number of ether oxygens (including phenoxy) is 3. The zero-order chi connectivity index (χ0) is 27.6. The van der Waals surface area contributed by atoms with E-state index in [1.165, 1.54) is 11.8 Å². The van der Waals surface area contributed by atoms with Gasteiger partial charge < -0.3 is 44.9 Å². The zero-order valence-corrected chi connectivity index (χ0v) is 21.4. The monoisotopic (exact) mass is 547 g/mol. The molecule has 6 unspecified atom stereocenters. The summed E-state index contributed by atoms with van der Waals surface area (Å²) in [4.78, 5) is 27.4. The van der Waals surface area contributed by atoms with Gasteiger partial charge in [0.1, 0.15) is 42.2 Å². The molecule has 2 heterocycles. The highest BCUT2D eigenvalue weighted by atomic mass is 32.2. The third kappa shape index (κ3) is 5.87. The van der Waals surface area contributed by atoms with Crippen LogP contribution in [0.4, 0.5) is 0 Å². The molecule has 3 aromatic rings. The number of nitrogens with zero attached hydrogens (tertiary/aromatic N) is 2. The standard InChI is InChI=1S/C25H29N3O9S/c1-28-16-10-14(36-25-21(31)19(29)20(30)22(37-25)24(33)34)7-8-15(16)27-18(28)11-35-13-5-3-12(4-6-13)9-17(38-2)23(26)32/h3-8,10,17,19-22,25,29-31H,9,11H2,1-2H3,(H2,26,32)(H,33,34). The van der Waals surface area contributed by atoms with Crippen molar-refractivity contribution in [1.82, 2.24) is 9.55 Å². The van der Waals surface area contributed by atoms with Crippen LogP contribution in [0.25, 0.3) is 11.0 Å². The second kappa shape index (κ2) is 11.6. The third-order valence-corrected chi connectivity index (χ3v) is 7.29. The van der Waals surface area contributed by atoms with Crippen molar-refractivity contribution in [1.29, 1.82) is 0 Å². The van der Waals surface area contributed by atoms with Gasteiger partial charge in [-0.25, -0.2) is 9.78 Å². The third-order valence-electron chi connectivity index (χ3n) is 6.32. The molecule has 1 aliphatic heterocycles. The number of hydrogen-bond acceptors (Lipinski definition) is 10. The predicted octanol–water partition coefficient (Wildman–Crippen LogP) is 0.183. The second-order valence-corrected chi connectivity index (χ2v) is 9.89. The maximum absolute atomic E-state index is 11.5. The summed E-state index contributed by atoms with van der Waals surface area (Å²) < 4.78 is 18.5. The summed E-state index contributed by atoms with van der Waals surface area (Å²) in [5, 5.41) is 39.0. The highest BCUT2D eigenvalue weighted by Gasteiger charge is 2.48. The van der Waals surface area contributed by atoms with E-state index in [1.807, 2.05) is 30.5 Å². The molecule has 2 aromatic carbocycles. The number of aliphatic hydroxyl groups excluding tert-OH is 3. The Kier molecular flexibility index (Phi) is 8.43. The summed E-state index contributed by atoms with van der Waals surface area (Å²) in [6.07, 6.45) is -6.12. The first-order valence-electron chi connectivity index (χ1n) is 11.7. The number of aryl methyl sites for hydroxylation is 1. The Labute approximate surface area is 221 Å². The van der Waals surface area contributed by atoms with Crippen LogP contribution < -0.4 is 15.2 Å². The van der Waals surface area contributed by atoms with Gasteiger partial charge in [-0.05, 0) is 42.5 Å². The molecule has 13 heteroatoms. The number of carboxylic acid groups (broad SMARTS) is 1. The van der Waals surface area contributed by atoms with Gasteiger partial charge in [-0.3, -0.25) is 4.79 Å². The number of primary amides is 1. The van der Waals surface area contributed by atoms with Crippen LogP contribution in [-0.2, 0) is 34.4 Å². The second-order valence-electron chi connectivity index (χ2n) is 8.85. The van der Waals surface area contributed by atoms with Crippen molar-refractivity contribution >= 4 is 34.7 Å². The van der Waals surface area contributed by atoms with Gasteiger partial charge in [0, 0.05) is 13.1 Å². The molecule has 6 atom stereocenters. The summed E-state index contributed by atoms with van der Waals surface area (Å²) in [6.45, 7) is 0.171. The van der Waals surface area contributed by atoms with Gasteiger partial charge in [0.25, 0.3) is 0 Å². The fraction of sp³-hybridized carbons (Fsp3) is 0.400. The van der Waals surface area contributed by atoms with Crippen molar-refractivity contribution in [3.8, 4) is 11.5 Å². The predicted molar refractivity (Wildman–Crippen MR) is 137 cm³/mol. The van der Waals surface area contributed by atoms with Crippen LogP contribution in [0.15, 0.2) is 42.5 Å². The number of hydrogen-bond donors (Lipinski definition) is 5. The van der Waals surface area contributed by atoms with Crippen molar-refractivity contribution in [2.45, 2.75) is 49.0 Å². The number of imidazole rings is 1. The molecule has 0 radical (unpaired) electrons. The molecule has 4 rings (SSSR count). The van der Waals surface area contributed by atoms with E-state index in [0.29, 0.717) is 29.0 Å². The molecule has 1 saturated heterocycles. The first kappa shape index (κ1) is 27.7. The molecule has 1 fully saturated rings. The maximum Gasteiger partial charge on any atom is 0.335 e. The van der Waals surface area contributed by atoms with Crippen molar-refractivity contribution < 1.29 is 44.2 Å². The molecule has 0 bridgehead atoms. The van der Waals surface area contributed by atoms with Gasteiger partial charge in [-0.1, -0.05) is 12.1 Å². The number of aromatic nitrogens is 2. The smallest absolute Gasteiger partial charge is 0.335 e. The lowest BCUT2D eigenvalue weighted by Crippen LogP contribution is -2.61. The number of aliphatic hydroxyl groups is 3. The molecule has 0 aliphatic carbocycles. The number of benzene rings is 2. The molecule has 1 amide bonds. The van der Waals surface area contributed by atoms with Gasteiger partial charge in [-0.2, -0.15) is 11.8 Å². The molecule has 38 heavy (non-hydrogen) atoms. The van der Waals surface area contributed by atoms with Crippen LogP contribution in [0.1, 0.15) is 11.4 Å². The molecular weight excluding hydrogens is 518 g/mol. The van der Waals surface area contributed by atoms with Gasteiger partial charge in [0.05, 0.1) is 16.3 Å². The van der Waals surface area contributed by atoms with E-state index >= 15 is 0 Å². The molecule has 0 spiro atoms. The van der Waals surface area contributed by atoms with Crippen LogP contribution in [0.2, 0.25) is 0 Å².